The van der Waals surface area contributed by atoms with E-state index < -0.39 is 21.8 Å². The second-order valence-corrected chi connectivity index (χ2v) is 9.38. The first kappa shape index (κ1) is 21.8. The normalized spacial score (nSPS) is 11.3. The van der Waals surface area contributed by atoms with Gasteiger partial charge in [0.15, 0.2) is 0 Å². The van der Waals surface area contributed by atoms with E-state index >= 15 is 0 Å². The summed E-state index contributed by atoms with van der Waals surface area (Å²) in [7, 11) is -4.18. The fourth-order valence-corrected chi connectivity index (χ4v) is 5.20. The van der Waals surface area contributed by atoms with Crippen LogP contribution < -0.4 is 15.8 Å². The Morgan fingerprint density at radius 3 is 2.50 bits per heavy atom. The fraction of sp³-hybridized carbons (Fsp3) is 0.167. The molecule has 0 aliphatic carbocycles. The van der Waals surface area contributed by atoms with Gasteiger partial charge in [-0.3, -0.25) is 9.59 Å². The van der Waals surface area contributed by atoms with Gasteiger partial charge < -0.3 is 15.6 Å². The highest BCUT2D eigenvalue weighted by atomic mass is 35.5. The van der Waals surface area contributed by atoms with Crippen LogP contribution in [0.2, 0.25) is 5.02 Å². The molecular formula is C18H17ClN4O5S2. The van der Waals surface area contributed by atoms with Gasteiger partial charge in [-0.2, -0.15) is 0 Å². The summed E-state index contributed by atoms with van der Waals surface area (Å²) in [6.07, 6.45) is 0. The number of nitrogens with two attached hydrogens (primary N) is 1. The second-order valence-electron chi connectivity index (χ2n) is 6.43. The summed E-state index contributed by atoms with van der Waals surface area (Å²) in [6, 6.07) is 4.45. The van der Waals surface area contributed by atoms with Crippen molar-refractivity contribution in [2.24, 2.45) is 5.73 Å². The van der Waals surface area contributed by atoms with Crippen molar-refractivity contribution in [3.05, 3.63) is 55.9 Å². The van der Waals surface area contributed by atoms with Crippen LogP contribution in [0, 0.1) is 20.8 Å². The number of aromatic nitrogens is 1. The number of anilines is 2. The molecule has 0 fully saturated rings. The minimum absolute atomic E-state index is 0.0223. The number of benzene rings is 1. The number of rotatable bonds is 6. The lowest BCUT2D eigenvalue weighted by molar-refractivity contribution is 0.0995. The van der Waals surface area contributed by atoms with Gasteiger partial charge in [0.2, 0.25) is 5.91 Å². The lowest BCUT2D eigenvalue weighted by Gasteiger charge is -2.12. The number of thiophene rings is 1. The Balaban J connectivity index is 1.91. The Bertz CT molecular complexity index is 1260. The van der Waals surface area contributed by atoms with E-state index in [0.29, 0.717) is 22.5 Å². The number of carbonyl (C=O) groups excluding carboxylic acids is 2. The Morgan fingerprint density at radius 1 is 1.20 bits per heavy atom. The van der Waals surface area contributed by atoms with Crippen molar-refractivity contribution in [2.75, 3.05) is 10.0 Å². The van der Waals surface area contributed by atoms with Crippen molar-refractivity contribution in [1.29, 1.82) is 0 Å². The van der Waals surface area contributed by atoms with Crippen molar-refractivity contribution in [3.63, 3.8) is 0 Å². The first-order valence-corrected chi connectivity index (χ1v) is 11.2. The van der Waals surface area contributed by atoms with E-state index in [1.165, 1.54) is 17.5 Å². The molecule has 1 aromatic carbocycles. The molecule has 0 aliphatic rings. The lowest BCUT2D eigenvalue weighted by Crippen LogP contribution is -2.19. The van der Waals surface area contributed by atoms with Gasteiger partial charge in [0.25, 0.3) is 21.8 Å². The predicted molar refractivity (Wildman–Crippen MR) is 114 cm³/mol. The molecule has 0 saturated heterocycles. The molecule has 158 valence electrons. The molecule has 2 amide bonds. The van der Waals surface area contributed by atoms with Gasteiger partial charge in [0, 0.05) is 11.3 Å². The third kappa shape index (κ3) is 4.18. The maximum absolute atomic E-state index is 12.8. The molecular weight excluding hydrogens is 452 g/mol. The predicted octanol–water partition coefficient (Wildman–Crippen LogP) is 3.47. The average Bonchev–Trinajstić information content (AvgIpc) is 3.27. The zero-order chi connectivity index (χ0) is 22.2. The fourth-order valence-electron chi connectivity index (χ4n) is 2.71. The summed E-state index contributed by atoms with van der Waals surface area (Å²) in [5, 5.41) is 7.71. The van der Waals surface area contributed by atoms with E-state index in [9.17, 15) is 18.0 Å². The Morgan fingerprint density at radius 2 is 1.90 bits per heavy atom. The molecule has 0 radical (unpaired) electrons. The lowest BCUT2D eigenvalue weighted by atomic mass is 10.0. The molecule has 3 rings (SSSR count). The van der Waals surface area contributed by atoms with E-state index in [2.05, 4.69) is 15.2 Å². The van der Waals surface area contributed by atoms with E-state index in [1.54, 1.807) is 26.8 Å². The first-order valence-electron chi connectivity index (χ1n) is 8.45. The van der Waals surface area contributed by atoms with E-state index in [1.807, 2.05) is 0 Å². The average molecular weight is 469 g/mol. The van der Waals surface area contributed by atoms with Gasteiger partial charge in [-0.1, -0.05) is 22.8 Å². The van der Waals surface area contributed by atoms with Gasteiger partial charge >= 0.3 is 0 Å². The molecule has 0 saturated carbocycles. The van der Waals surface area contributed by atoms with Crippen LogP contribution in [0.15, 0.2) is 33.0 Å². The van der Waals surface area contributed by atoms with Crippen LogP contribution >= 0.6 is 22.9 Å². The highest BCUT2D eigenvalue weighted by Gasteiger charge is 2.27. The number of aryl methyl sites for hydroxylation is 3. The van der Waals surface area contributed by atoms with E-state index in [-0.39, 0.29) is 26.2 Å². The van der Waals surface area contributed by atoms with Crippen LogP contribution in [-0.4, -0.2) is 25.4 Å². The number of sulfonamides is 1. The SMILES string of the molecule is Cc1cc(C)c(C(N)=O)cc1NC(=O)c1sccc1S(=O)(=O)Nc1onc(C)c1Cl. The zero-order valence-corrected chi connectivity index (χ0v) is 18.5. The topological polar surface area (TPSA) is 144 Å². The third-order valence-electron chi connectivity index (χ3n) is 4.23. The summed E-state index contributed by atoms with van der Waals surface area (Å²) in [5.74, 6) is -1.54. The third-order valence-corrected chi connectivity index (χ3v) is 7.09. The second kappa shape index (κ2) is 8.09. The summed E-state index contributed by atoms with van der Waals surface area (Å²) >= 11 is 6.90. The quantitative estimate of drug-likeness (QED) is 0.505. The largest absolute Gasteiger partial charge is 0.366 e. The summed E-state index contributed by atoms with van der Waals surface area (Å²) in [4.78, 5) is 24.1. The number of nitrogens with zero attached hydrogens (tertiary/aromatic N) is 1. The van der Waals surface area contributed by atoms with E-state index in [0.717, 1.165) is 11.3 Å². The molecule has 2 heterocycles. The van der Waals surface area contributed by atoms with E-state index in [4.69, 9.17) is 21.9 Å². The van der Waals surface area contributed by atoms with Crippen molar-refractivity contribution >= 4 is 56.3 Å². The van der Waals surface area contributed by atoms with Crippen LogP contribution in [0.1, 0.15) is 36.9 Å². The van der Waals surface area contributed by atoms with Gasteiger partial charge in [-0.15, -0.1) is 11.3 Å². The Labute approximate surface area is 181 Å². The molecule has 0 aliphatic heterocycles. The number of nitrogens with one attached hydrogen (secondary N) is 2. The molecule has 30 heavy (non-hydrogen) atoms. The molecule has 9 nitrogen and oxygen atoms in total. The number of primary amides is 1. The van der Waals surface area contributed by atoms with Crippen molar-refractivity contribution < 1.29 is 22.5 Å². The highest BCUT2D eigenvalue weighted by molar-refractivity contribution is 7.93. The minimum atomic E-state index is -4.18. The Hall–Kier alpha value is -2.89. The van der Waals surface area contributed by atoms with Gasteiger partial charge in [-0.25, -0.2) is 13.1 Å². The Kier molecular flexibility index (Phi) is 5.88. The number of hydrogen-bond donors (Lipinski definition) is 3. The van der Waals surface area contributed by atoms with Crippen molar-refractivity contribution in [3.8, 4) is 0 Å². The molecule has 0 unspecified atom stereocenters. The standard InChI is InChI=1S/C18H17ClN4O5S2/c1-8-6-9(2)12(7-11(8)16(20)24)21-17(25)15-13(4-5-29-15)30(26,27)23-18-14(19)10(3)22-28-18/h4-7,23H,1-3H3,(H2,20,24)(H,21,25). The summed E-state index contributed by atoms with van der Waals surface area (Å²) in [5.41, 5.74) is 7.64. The molecule has 2 aromatic heterocycles. The van der Waals surface area contributed by atoms with Crippen LogP contribution in [0.5, 0.6) is 0 Å². The van der Waals surface area contributed by atoms with Crippen molar-refractivity contribution in [1.82, 2.24) is 5.16 Å². The maximum Gasteiger partial charge on any atom is 0.267 e. The molecule has 0 bridgehead atoms. The molecule has 4 N–H and O–H groups in total. The van der Waals surface area contributed by atoms with Crippen molar-refractivity contribution in [2.45, 2.75) is 25.7 Å². The van der Waals surface area contributed by atoms with Gasteiger partial charge in [0.1, 0.15) is 20.5 Å². The first-order chi connectivity index (χ1) is 14.0. The highest BCUT2D eigenvalue weighted by Crippen LogP contribution is 2.30. The van der Waals surface area contributed by atoms with Crippen LogP contribution in [0.4, 0.5) is 11.6 Å². The van der Waals surface area contributed by atoms with Crippen LogP contribution in [0.3, 0.4) is 0 Å². The van der Waals surface area contributed by atoms with Crippen LogP contribution in [0.25, 0.3) is 0 Å². The number of carbonyl (C=O) groups is 2. The molecule has 3 aromatic rings. The summed E-state index contributed by atoms with van der Waals surface area (Å²) < 4.78 is 32.6. The molecule has 0 atom stereocenters. The summed E-state index contributed by atoms with van der Waals surface area (Å²) in [6.45, 7) is 5.03. The van der Waals surface area contributed by atoms with Gasteiger partial charge in [-0.05, 0) is 49.4 Å². The monoisotopic (exact) mass is 468 g/mol. The smallest absolute Gasteiger partial charge is 0.267 e. The minimum Gasteiger partial charge on any atom is -0.366 e. The number of halogens is 1. The molecule has 0 spiro atoms. The number of amides is 2. The zero-order valence-electron chi connectivity index (χ0n) is 16.1. The van der Waals surface area contributed by atoms with Gasteiger partial charge in [0.05, 0.1) is 0 Å². The molecule has 12 heteroatoms. The van der Waals surface area contributed by atoms with Crippen LogP contribution in [-0.2, 0) is 10.0 Å². The maximum atomic E-state index is 12.8. The number of hydrogen-bond acceptors (Lipinski definition) is 7.